The van der Waals surface area contributed by atoms with E-state index >= 15 is 0 Å². The summed E-state index contributed by atoms with van der Waals surface area (Å²) in [5, 5.41) is 22.0. The van der Waals surface area contributed by atoms with Crippen LogP contribution in [-0.2, 0) is 4.79 Å². The van der Waals surface area contributed by atoms with Crippen molar-refractivity contribution in [3.05, 3.63) is 59.2 Å². The Labute approximate surface area is 156 Å². The predicted molar refractivity (Wildman–Crippen MR) is 103 cm³/mol. The summed E-state index contributed by atoms with van der Waals surface area (Å²) in [6.45, 7) is 0. The molecule has 0 aliphatic rings. The van der Waals surface area contributed by atoms with Crippen LogP contribution in [0.1, 0.15) is 21.5 Å². The van der Waals surface area contributed by atoms with Gasteiger partial charge in [-0.15, -0.1) is 0 Å². The minimum Gasteiger partial charge on any atom is -0.504 e. The number of amides is 2. The second-order valence-corrected chi connectivity index (χ2v) is 5.51. The summed E-state index contributed by atoms with van der Waals surface area (Å²) in [6, 6.07) is 9.62. The van der Waals surface area contributed by atoms with Gasteiger partial charge in [0.2, 0.25) is 0 Å². The first-order valence-corrected chi connectivity index (χ1v) is 7.88. The fraction of sp³-hybridized carbons (Fsp3) is 0.0556. The van der Waals surface area contributed by atoms with Gasteiger partial charge in [0.15, 0.2) is 11.5 Å². The lowest BCUT2D eigenvalue weighted by atomic mass is 9.90. The van der Waals surface area contributed by atoms with Crippen molar-refractivity contribution < 1.29 is 24.6 Å². The van der Waals surface area contributed by atoms with E-state index in [1.807, 2.05) is 0 Å². The van der Waals surface area contributed by atoms with E-state index in [2.05, 4.69) is 10.5 Å². The first kappa shape index (κ1) is 19.7. The number of phenols is 1. The minimum atomic E-state index is -0.646. The van der Waals surface area contributed by atoms with Gasteiger partial charge in [0.25, 0.3) is 11.8 Å². The Morgan fingerprint density at radius 2 is 1.93 bits per heavy atom. The van der Waals surface area contributed by atoms with E-state index in [1.165, 1.54) is 24.9 Å². The lowest BCUT2D eigenvalue weighted by molar-refractivity contribution is -0.124. The Balaban J connectivity index is 2.02. The molecule has 0 aliphatic heterocycles. The first-order chi connectivity index (χ1) is 12.9. The van der Waals surface area contributed by atoms with Crippen molar-refractivity contribution in [3.63, 3.8) is 0 Å². The van der Waals surface area contributed by atoms with E-state index in [-0.39, 0.29) is 5.75 Å². The average molecular weight is 367 g/mol. The van der Waals surface area contributed by atoms with Gasteiger partial charge in [-0.2, -0.15) is 5.10 Å². The van der Waals surface area contributed by atoms with Gasteiger partial charge in [0.1, 0.15) is 7.85 Å². The number of rotatable bonds is 6. The van der Waals surface area contributed by atoms with Gasteiger partial charge in [0, 0.05) is 11.6 Å². The molecule has 0 saturated carbocycles. The zero-order valence-corrected chi connectivity index (χ0v) is 14.8. The monoisotopic (exact) mass is 367 g/mol. The van der Waals surface area contributed by atoms with Crippen molar-refractivity contribution in [2.24, 2.45) is 5.10 Å². The van der Waals surface area contributed by atoms with Crippen LogP contribution in [0.15, 0.2) is 47.6 Å². The second-order valence-electron chi connectivity index (χ2n) is 5.51. The quantitative estimate of drug-likeness (QED) is 0.188. The number of phenolic OH excluding ortho intramolecular Hbond substituents is 1. The number of benzene rings is 2. The number of hydrogen-bond donors (Lipinski definition) is 4. The number of hydroxylamine groups is 1. The van der Waals surface area contributed by atoms with Crippen LogP contribution in [0.5, 0.6) is 11.5 Å². The van der Waals surface area contributed by atoms with Crippen LogP contribution in [0.2, 0.25) is 0 Å². The highest BCUT2D eigenvalue weighted by Gasteiger charge is 2.06. The van der Waals surface area contributed by atoms with Crippen molar-refractivity contribution in [2.75, 3.05) is 7.11 Å². The van der Waals surface area contributed by atoms with E-state index < -0.39 is 11.8 Å². The van der Waals surface area contributed by atoms with Crippen molar-refractivity contribution >= 4 is 37.4 Å². The molecule has 0 spiro atoms. The summed E-state index contributed by atoms with van der Waals surface area (Å²) in [6.07, 6.45) is 4.11. The smallest absolute Gasteiger partial charge is 0.271 e. The topological polar surface area (TPSA) is 120 Å². The number of nitrogens with one attached hydrogen (secondary N) is 2. The van der Waals surface area contributed by atoms with Crippen LogP contribution in [-0.4, -0.2) is 43.3 Å². The molecule has 0 saturated heterocycles. The molecule has 0 aliphatic carbocycles. The van der Waals surface area contributed by atoms with Gasteiger partial charge >= 0.3 is 0 Å². The molecule has 8 nitrogen and oxygen atoms in total. The molecular formula is C18H18BN3O5. The van der Waals surface area contributed by atoms with E-state index in [9.17, 15) is 14.7 Å². The van der Waals surface area contributed by atoms with Crippen molar-refractivity contribution in [1.82, 2.24) is 10.9 Å². The largest absolute Gasteiger partial charge is 0.504 e. The molecule has 2 aromatic carbocycles. The number of ether oxygens (including phenoxy) is 1. The maximum Gasteiger partial charge on any atom is 0.271 e. The highest BCUT2D eigenvalue weighted by atomic mass is 16.5. The molecule has 0 heterocycles. The fourth-order valence-corrected chi connectivity index (χ4v) is 2.17. The lowest BCUT2D eigenvalue weighted by Crippen LogP contribution is -2.18. The number of carbonyl (C=O) groups is 2. The Morgan fingerprint density at radius 1 is 1.22 bits per heavy atom. The molecule has 138 valence electrons. The summed E-state index contributed by atoms with van der Waals surface area (Å²) >= 11 is 0. The Bertz CT molecular complexity index is 895. The number of methoxy groups -OCH3 is 1. The second kappa shape index (κ2) is 9.21. The number of carbonyl (C=O) groups excluding carboxylic acids is 2. The van der Waals surface area contributed by atoms with Crippen LogP contribution < -0.4 is 21.1 Å². The van der Waals surface area contributed by atoms with Gasteiger partial charge in [-0.1, -0.05) is 17.6 Å². The number of hydrogen-bond acceptors (Lipinski definition) is 6. The van der Waals surface area contributed by atoms with Gasteiger partial charge in [-0.3, -0.25) is 14.8 Å². The first-order valence-electron chi connectivity index (χ1n) is 7.88. The van der Waals surface area contributed by atoms with E-state index in [4.69, 9.17) is 9.94 Å². The third-order valence-corrected chi connectivity index (χ3v) is 3.65. The highest BCUT2D eigenvalue weighted by molar-refractivity contribution is 6.35. The third kappa shape index (κ3) is 5.45. The molecule has 0 atom stereocenters. The average Bonchev–Trinajstić information content (AvgIpc) is 2.68. The van der Waals surface area contributed by atoms with Crippen LogP contribution >= 0.6 is 0 Å². The van der Waals surface area contributed by atoms with E-state index in [0.29, 0.717) is 22.4 Å². The molecular weight excluding hydrogens is 349 g/mol. The van der Waals surface area contributed by atoms with Crippen LogP contribution in [0.25, 0.3) is 6.08 Å². The highest BCUT2D eigenvalue weighted by Crippen LogP contribution is 2.24. The van der Waals surface area contributed by atoms with Gasteiger partial charge in [-0.05, 0) is 41.5 Å². The summed E-state index contributed by atoms with van der Waals surface area (Å²) in [4.78, 5) is 23.0. The van der Waals surface area contributed by atoms with Crippen LogP contribution in [0.4, 0.5) is 0 Å². The zero-order chi connectivity index (χ0) is 19.8. The maximum atomic E-state index is 12.1. The van der Waals surface area contributed by atoms with Crippen molar-refractivity contribution in [3.8, 4) is 11.5 Å². The summed E-state index contributed by atoms with van der Waals surface area (Å²) in [5.74, 6) is -0.709. The molecule has 0 aromatic heterocycles. The van der Waals surface area contributed by atoms with Gasteiger partial charge in [-0.25, -0.2) is 10.9 Å². The fourth-order valence-electron chi connectivity index (χ4n) is 2.17. The Hall–Kier alpha value is -3.59. The molecule has 0 unspecified atom stereocenters. The summed E-state index contributed by atoms with van der Waals surface area (Å²) in [5.41, 5.74) is 6.44. The van der Waals surface area contributed by atoms with Crippen molar-refractivity contribution in [2.45, 2.75) is 0 Å². The SMILES string of the molecule is Bc1cc(O)c(OC)cc1/C=N/NC(=O)c1ccc(/C=C/C(=O)NO)cc1. The minimum absolute atomic E-state index is 0.0294. The van der Waals surface area contributed by atoms with Crippen LogP contribution in [0.3, 0.4) is 0 Å². The molecule has 2 amide bonds. The Kier molecular flexibility index (Phi) is 6.73. The molecule has 9 heteroatoms. The molecule has 2 rings (SSSR count). The zero-order valence-electron chi connectivity index (χ0n) is 14.8. The van der Waals surface area contributed by atoms with Gasteiger partial charge in [0.05, 0.1) is 13.3 Å². The number of nitrogens with zero attached hydrogens (tertiary/aromatic N) is 1. The standard InChI is InChI=1S/C18H18BN3O5/c1-27-16-8-13(14(19)9-15(16)23)10-20-21-18(25)12-5-2-11(3-6-12)4-7-17(24)22-26/h2-10,23,26H,19H2,1H3,(H,21,25)(H,22,24)/b7-4+,20-10+. The Morgan fingerprint density at radius 3 is 2.56 bits per heavy atom. The number of hydrazone groups is 1. The summed E-state index contributed by atoms with van der Waals surface area (Å²) < 4.78 is 5.05. The summed E-state index contributed by atoms with van der Waals surface area (Å²) in [7, 11) is 3.24. The normalized spacial score (nSPS) is 10.9. The van der Waals surface area contributed by atoms with Crippen molar-refractivity contribution in [1.29, 1.82) is 0 Å². The molecule has 27 heavy (non-hydrogen) atoms. The lowest BCUT2D eigenvalue weighted by Gasteiger charge is -2.07. The van der Waals surface area contributed by atoms with Gasteiger partial charge < -0.3 is 9.84 Å². The molecule has 0 bridgehead atoms. The molecule has 0 radical (unpaired) electrons. The third-order valence-electron chi connectivity index (χ3n) is 3.65. The van der Waals surface area contributed by atoms with E-state index in [1.54, 1.807) is 44.2 Å². The molecule has 0 fully saturated rings. The number of aromatic hydroxyl groups is 1. The predicted octanol–water partition coefficient (Wildman–Crippen LogP) is -0.0583. The van der Waals surface area contributed by atoms with E-state index in [0.717, 1.165) is 11.5 Å². The molecule has 2 aromatic rings. The molecule has 4 N–H and O–H groups in total. The maximum absolute atomic E-state index is 12.1. The van der Waals surface area contributed by atoms with Crippen LogP contribution in [0, 0.1) is 0 Å².